The van der Waals surface area contributed by atoms with Crippen molar-refractivity contribution in [3.8, 4) is 0 Å². The number of hydrogen-bond donors (Lipinski definition) is 1. The first-order valence-corrected chi connectivity index (χ1v) is 4.27. The van der Waals surface area contributed by atoms with Gasteiger partial charge < -0.3 is 11.8 Å². The van der Waals surface area contributed by atoms with Gasteiger partial charge >= 0.3 is 29.6 Å². The van der Waals surface area contributed by atoms with E-state index in [4.69, 9.17) is 5.21 Å². The summed E-state index contributed by atoms with van der Waals surface area (Å²) >= 11 is 0. The fourth-order valence-electron chi connectivity index (χ4n) is 1.79. The average Bonchev–Trinajstić information content (AvgIpc) is 2.03. The van der Waals surface area contributed by atoms with E-state index in [1.165, 1.54) is 0 Å². The van der Waals surface area contributed by atoms with Gasteiger partial charge in [-0.2, -0.15) is 0 Å². The van der Waals surface area contributed by atoms with Gasteiger partial charge in [0.2, 0.25) is 5.28 Å². The van der Waals surface area contributed by atoms with Crippen molar-refractivity contribution < 1.29 is 41.2 Å². The molecule has 5 nitrogen and oxygen atoms in total. The van der Waals surface area contributed by atoms with Crippen molar-refractivity contribution in [1.29, 1.82) is 0 Å². The number of hydrazine groups is 1. The molecule has 1 fully saturated rings. The molecule has 0 aromatic rings. The minimum atomic E-state index is 0. The summed E-state index contributed by atoms with van der Waals surface area (Å²) in [7, 11) is 0. The van der Waals surface area contributed by atoms with E-state index in [0.29, 0.717) is 0 Å². The van der Waals surface area contributed by atoms with Gasteiger partial charge in [-0.1, -0.05) is 0 Å². The Morgan fingerprint density at radius 2 is 1.92 bits per heavy atom. The molecule has 0 bridgehead atoms. The van der Waals surface area contributed by atoms with Crippen molar-refractivity contribution in [1.82, 2.24) is 5.01 Å². The van der Waals surface area contributed by atoms with Crippen LogP contribution < -0.4 is 29.6 Å². The third kappa shape index (κ3) is 3.00. The van der Waals surface area contributed by atoms with Crippen LogP contribution in [-0.2, 0) is 0 Å². The Hall–Kier alpha value is 0. The van der Waals surface area contributed by atoms with Crippen molar-refractivity contribution >= 4 is 0 Å². The topological polar surface area (TPSA) is 61.9 Å². The maximum atomic E-state index is 11.0. The van der Waals surface area contributed by atoms with Gasteiger partial charge in [-0.3, -0.25) is 0 Å². The quantitative estimate of drug-likeness (QED) is 0.244. The molecule has 0 amide bonds. The Labute approximate surface area is 102 Å². The van der Waals surface area contributed by atoms with Gasteiger partial charge in [-0.25, -0.2) is 0 Å². The van der Waals surface area contributed by atoms with Crippen LogP contribution in [0, 0.1) is 5.21 Å². The predicted molar refractivity (Wildman–Crippen MR) is 43.6 cm³/mol. The summed E-state index contributed by atoms with van der Waals surface area (Å²) in [6.45, 7) is 3.93. The molecule has 0 aromatic heterocycles. The van der Waals surface area contributed by atoms with Gasteiger partial charge in [-0.15, -0.1) is 5.01 Å². The molecule has 2 unspecified atom stereocenters. The van der Waals surface area contributed by atoms with E-state index < -0.39 is 0 Å². The van der Waals surface area contributed by atoms with Crippen molar-refractivity contribution in [2.75, 3.05) is 0 Å². The summed E-state index contributed by atoms with van der Waals surface area (Å²) in [5.74, 6) is 0. The Balaban J connectivity index is 0. The maximum absolute atomic E-state index is 11.0. The molecule has 1 rings (SSSR count). The van der Waals surface area contributed by atoms with Gasteiger partial charge in [0.25, 0.3) is 0 Å². The van der Waals surface area contributed by atoms with Gasteiger partial charge in [0.15, 0.2) is 0 Å². The number of rotatable bonds is 1. The molecule has 0 aliphatic carbocycles. The van der Waals surface area contributed by atoms with Gasteiger partial charge in [0.05, 0.1) is 17.1 Å². The minimum absolute atomic E-state index is 0. The van der Waals surface area contributed by atoms with E-state index in [2.05, 4.69) is 5.28 Å². The van der Waals surface area contributed by atoms with Crippen LogP contribution in [0.3, 0.4) is 0 Å². The van der Waals surface area contributed by atoms with E-state index in [1.807, 2.05) is 13.8 Å². The molecule has 0 saturated carbocycles. The Bertz CT molecular complexity index is 184. The molecule has 1 heterocycles. The summed E-state index contributed by atoms with van der Waals surface area (Å²) < 4.78 is 0. The standard InChI is InChI=1S/C7H15N3O2.Na.H/c1-6-4-3-5-7(2)9(6)10(12)8-11;;/h6-7,11H,3-5H2,1-2H3;;/q;+1;-1. The van der Waals surface area contributed by atoms with E-state index >= 15 is 0 Å². The van der Waals surface area contributed by atoms with E-state index in [-0.39, 0.29) is 48.0 Å². The predicted octanol–water partition coefficient (Wildman–Crippen LogP) is -1.37. The Morgan fingerprint density at radius 3 is 2.31 bits per heavy atom. The summed E-state index contributed by atoms with van der Waals surface area (Å²) in [5, 5.41) is 23.5. The smallest absolute Gasteiger partial charge is 1.00 e. The van der Waals surface area contributed by atoms with Crippen molar-refractivity contribution in [3.05, 3.63) is 5.21 Å². The normalized spacial score (nSPS) is 29.7. The fraction of sp³-hybridized carbons (Fsp3) is 1.00. The number of nitrogens with zero attached hydrogens (tertiary/aromatic N) is 3. The average molecular weight is 197 g/mol. The molecule has 6 heteroatoms. The third-order valence-electron chi connectivity index (χ3n) is 2.42. The van der Waals surface area contributed by atoms with Crippen LogP contribution in [-0.4, -0.2) is 27.3 Å². The Kier molecular flexibility index (Phi) is 5.67. The molecule has 1 N–H and O–H groups in total. The zero-order valence-corrected chi connectivity index (χ0v) is 10.5. The molecular weight excluding hydrogens is 181 g/mol. The number of hydrogen-bond acceptors (Lipinski definition) is 2. The first kappa shape index (κ1) is 13.0. The second-order valence-corrected chi connectivity index (χ2v) is 3.35. The van der Waals surface area contributed by atoms with Crippen LogP contribution >= 0.6 is 0 Å². The first-order chi connectivity index (χ1) is 5.66. The van der Waals surface area contributed by atoms with Crippen molar-refractivity contribution in [2.24, 2.45) is 5.28 Å². The maximum Gasteiger partial charge on any atom is 1.00 e. The molecule has 2 atom stereocenters. The molecule has 13 heavy (non-hydrogen) atoms. The first-order valence-electron chi connectivity index (χ1n) is 4.27. The molecule has 0 radical (unpaired) electrons. The summed E-state index contributed by atoms with van der Waals surface area (Å²) in [6.07, 6.45) is 3.11. The molecule has 1 saturated heterocycles. The molecule has 1 aliphatic heterocycles. The van der Waals surface area contributed by atoms with E-state index in [9.17, 15) is 5.21 Å². The van der Waals surface area contributed by atoms with Crippen molar-refractivity contribution in [3.63, 3.8) is 0 Å². The Morgan fingerprint density at radius 1 is 1.46 bits per heavy atom. The van der Waals surface area contributed by atoms with Crippen LogP contribution in [0.25, 0.3) is 0 Å². The monoisotopic (exact) mass is 197 g/mol. The molecule has 1 aliphatic rings. The number of piperidine rings is 1. The molecular formula is C7H16N3NaO2. The van der Waals surface area contributed by atoms with Crippen molar-refractivity contribution in [2.45, 2.75) is 45.2 Å². The fourth-order valence-corrected chi connectivity index (χ4v) is 1.79. The minimum Gasteiger partial charge on any atom is -1.00 e. The van der Waals surface area contributed by atoms with Crippen LogP contribution in [0.4, 0.5) is 0 Å². The zero-order valence-electron chi connectivity index (χ0n) is 9.47. The van der Waals surface area contributed by atoms with E-state index in [1.54, 1.807) is 5.01 Å². The largest absolute Gasteiger partial charge is 1.00 e. The van der Waals surface area contributed by atoms with Gasteiger partial charge in [-0.05, 0) is 33.1 Å². The summed E-state index contributed by atoms with van der Waals surface area (Å²) in [5.41, 5.74) is 0. The van der Waals surface area contributed by atoms with Crippen LogP contribution in [0.1, 0.15) is 34.5 Å². The van der Waals surface area contributed by atoms with Gasteiger partial charge in [0.1, 0.15) is 0 Å². The second-order valence-electron chi connectivity index (χ2n) is 3.35. The van der Waals surface area contributed by atoms with Crippen LogP contribution in [0.5, 0.6) is 0 Å². The summed E-state index contributed by atoms with van der Waals surface area (Å²) in [4.78, 5) is 0.286. The third-order valence-corrected chi connectivity index (χ3v) is 2.42. The second kappa shape index (κ2) is 5.67. The molecule has 0 spiro atoms. The van der Waals surface area contributed by atoms with E-state index in [0.717, 1.165) is 19.3 Å². The van der Waals surface area contributed by atoms with Gasteiger partial charge in [0, 0.05) is 0 Å². The zero-order chi connectivity index (χ0) is 9.14. The molecule has 0 aromatic carbocycles. The summed E-state index contributed by atoms with van der Waals surface area (Å²) in [6, 6.07) is 0.337. The van der Waals surface area contributed by atoms with Crippen LogP contribution in [0.2, 0.25) is 0 Å². The van der Waals surface area contributed by atoms with Crippen LogP contribution in [0.15, 0.2) is 5.28 Å². The SMILES string of the molecule is CC1CCCC(C)N1[N+]([O-])=NO.[H-].[Na+]. The molecule has 72 valence electrons.